The number of nitrogens with zero attached hydrogens (tertiary/aromatic N) is 1. The van der Waals surface area contributed by atoms with E-state index in [1.165, 1.54) is 6.21 Å². The van der Waals surface area contributed by atoms with Crippen molar-refractivity contribution in [3.8, 4) is 0 Å². The molecular formula is C7H6BrNO. The van der Waals surface area contributed by atoms with Gasteiger partial charge in [-0.1, -0.05) is 33.2 Å². The third-order valence-corrected chi connectivity index (χ3v) is 1.61. The van der Waals surface area contributed by atoms with Crippen molar-refractivity contribution in [1.29, 1.82) is 0 Å². The maximum Gasteiger partial charge on any atom is 0.0733 e. The van der Waals surface area contributed by atoms with E-state index in [-0.39, 0.29) is 0 Å². The van der Waals surface area contributed by atoms with Crippen molar-refractivity contribution in [2.45, 2.75) is 0 Å². The van der Waals surface area contributed by atoms with Gasteiger partial charge in [0.2, 0.25) is 0 Å². The number of benzene rings is 1. The van der Waals surface area contributed by atoms with Crippen molar-refractivity contribution in [2.24, 2.45) is 5.16 Å². The normalized spacial score (nSPS) is 10.5. The Kier molecular flexibility index (Phi) is 2.45. The van der Waals surface area contributed by atoms with Gasteiger partial charge in [0.25, 0.3) is 0 Å². The number of oxime groups is 1. The van der Waals surface area contributed by atoms with Gasteiger partial charge in [-0.05, 0) is 17.7 Å². The number of hydrogen-bond acceptors (Lipinski definition) is 2. The van der Waals surface area contributed by atoms with Gasteiger partial charge in [-0.3, -0.25) is 0 Å². The Morgan fingerprint density at radius 3 is 2.40 bits per heavy atom. The predicted octanol–water partition coefficient (Wildman–Crippen LogP) is 2.26. The van der Waals surface area contributed by atoms with E-state index in [1.807, 2.05) is 24.3 Å². The number of hydrogen-bond donors (Lipinski definition) is 1. The SMILES string of the molecule is O/N=C/c1ccc(Br)cc1. The Bertz CT molecular complexity index is 230. The maximum absolute atomic E-state index is 8.15. The molecule has 0 saturated carbocycles. The third-order valence-electron chi connectivity index (χ3n) is 1.08. The van der Waals surface area contributed by atoms with Crippen LogP contribution in [-0.4, -0.2) is 11.4 Å². The number of halogens is 1. The summed E-state index contributed by atoms with van der Waals surface area (Å²) in [6.07, 6.45) is 1.38. The summed E-state index contributed by atoms with van der Waals surface area (Å²) in [4.78, 5) is 0. The summed E-state index contributed by atoms with van der Waals surface area (Å²) in [5, 5.41) is 11.0. The smallest absolute Gasteiger partial charge is 0.0733 e. The summed E-state index contributed by atoms with van der Waals surface area (Å²) in [6, 6.07) is 7.47. The van der Waals surface area contributed by atoms with Crippen molar-refractivity contribution in [3.05, 3.63) is 34.3 Å². The molecule has 2 nitrogen and oxygen atoms in total. The first kappa shape index (κ1) is 7.28. The van der Waals surface area contributed by atoms with Crippen LogP contribution in [0.3, 0.4) is 0 Å². The van der Waals surface area contributed by atoms with Gasteiger partial charge in [0.05, 0.1) is 6.21 Å². The lowest BCUT2D eigenvalue weighted by molar-refractivity contribution is 0.322. The number of rotatable bonds is 1. The van der Waals surface area contributed by atoms with Crippen LogP contribution in [-0.2, 0) is 0 Å². The molecule has 0 bridgehead atoms. The summed E-state index contributed by atoms with van der Waals surface area (Å²) in [7, 11) is 0. The van der Waals surface area contributed by atoms with Gasteiger partial charge in [-0.2, -0.15) is 0 Å². The zero-order valence-corrected chi connectivity index (χ0v) is 6.75. The third kappa shape index (κ3) is 1.84. The molecule has 0 fully saturated rings. The van der Waals surface area contributed by atoms with E-state index >= 15 is 0 Å². The highest BCUT2D eigenvalue weighted by Gasteiger charge is 1.86. The highest BCUT2D eigenvalue weighted by atomic mass is 79.9. The molecule has 0 radical (unpaired) electrons. The fraction of sp³-hybridized carbons (Fsp3) is 0. The maximum atomic E-state index is 8.15. The molecule has 1 rings (SSSR count). The van der Waals surface area contributed by atoms with E-state index in [9.17, 15) is 0 Å². The minimum atomic E-state index is 0.880. The Balaban J connectivity index is 2.89. The van der Waals surface area contributed by atoms with Crippen LogP contribution in [0.2, 0.25) is 0 Å². The van der Waals surface area contributed by atoms with Gasteiger partial charge in [-0.15, -0.1) is 0 Å². The fourth-order valence-corrected chi connectivity index (χ4v) is 0.880. The van der Waals surface area contributed by atoms with Crippen molar-refractivity contribution < 1.29 is 5.21 Å². The molecule has 0 spiro atoms. The monoisotopic (exact) mass is 199 g/mol. The van der Waals surface area contributed by atoms with Crippen LogP contribution in [0, 0.1) is 0 Å². The molecule has 0 heterocycles. The predicted molar refractivity (Wildman–Crippen MR) is 43.5 cm³/mol. The first-order valence-corrected chi connectivity index (χ1v) is 3.55. The Morgan fingerprint density at radius 1 is 1.30 bits per heavy atom. The van der Waals surface area contributed by atoms with Gasteiger partial charge in [0.15, 0.2) is 0 Å². The van der Waals surface area contributed by atoms with Crippen molar-refractivity contribution in [3.63, 3.8) is 0 Å². The molecular weight excluding hydrogens is 194 g/mol. The molecule has 10 heavy (non-hydrogen) atoms. The lowest BCUT2D eigenvalue weighted by Gasteiger charge is -1.89. The summed E-state index contributed by atoms with van der Waals surface area (Å²) in [5.74, 6) is 0. The molecule has 0 aliphatic heterocycles. The molecule has 0 aromatic heterocycles. The van der Waals surface area contributed by atoms with Crippen LogP contribution in [0.5, 0.6) is 0 Å². The molecule has 0 saturated heterocycles. The van der Waals surface area contributed by atoms with E-state index in [4.69, 9.17) is 5.21 Å². The summed E-state index contributed by atoms with van der Waals surface area (Å²) < 4.78 is 1.02. The molecule has 0 aliphatic carbocycles. The molecule has 0 amide bonds. The zero-order valence-electron chi connectivity index (χ0n) is 5.16. The molecule has 1 aromatic carbocycles. The van der Waals surface area contributed by atoms with Crippen LogP contribution < -0.4 is 0 Å². The average molecular weight is 200 g/mol. The second-order valence-corrected chi connectivity index (χ2v) is 2.71. The highest BCUT2D eigenvalue weighted by molar-refractivity contribution is 9.10. The standard InChI is InChI=1S/C7H6BrNO/c8-7-3-1-6(2-4-7)5-9-10/h1-5,10H/b9-5+. The van der Waals surface area contributed by atoms with Gasteiger partial charge in [0, 0.05) is 4.47 Å². The molecule has 52 valence electrons. The molecule has 1 N–H and O–H groups in total. The van der Waals surface area contributed by atoms with E-state index in [1.54, 1.807) is 0 Å². The lowest BCUT2D eigenvalue weighted by Crippen LogP contribution is -1.77. The molecule has 3 heteroatoms. The minimum Gasteiger partial charge on any atom is -0.411 e. The largest absolute Gasteiger partial charge is 0.411 e. The molecule has 0 atom stereocenters. The Morgan fingerprint density at radius 2 is 1.90 bits per heavy atom. The lowest BCUT2D eigenvalue weighted by atomic mass is 10.2. The first-order valence-electron chi connectivity index (χ1n) is 2.76. The van der Waals surface area contributed by atoms with E-state index in [2.05, 4.69) is 21.1 Å². The van der Waals surface area contributed by atoms with Gasteiger partial charge >= 0.3 is 0 Å². The van der Waals surface area contributed by atoms with Gasteiger partial charge in [-0.25, -0.2) is 0 Å². The summed E-state index contributed by atoms with van der Waals surface area (Å²) >= 11 is 3.29. The quantitative estimate of drug-likeness (QED) is 0.421. The van der Waals surface area contributed by atoms with E-state index < -0.39 is 0 Å². The summed E-state index contributed by atoms with van der Waals surface area (Å²) in [5.41, 5.74) is 0.880. The second kappa shape index (κ2) is 3.37. The Labute approximate surface area is 67.3 Å². The Hall–Kier alpha value is -0.830. The van der Waals surface area contributed by atoms with Crippen LogP contribution >= 0.6 is 15.9 Å². The molecule has 0 aliphatic rings. The van der Waals surface area contributed by atoms with Crippen LogP contribution in [0.25, 0.3) is 0 Å². The van der Waals surface area contributed by atoms with Crippen molar-refractivity contribution >= 4 is 22.1 Å². The van der Waals surface area contributed by atoms with E-state index in [0.717, 1.165) is 10.0 Å². The van der Waals surface area contributed by atoms with Crippen LogP contribution in [0.1, 0.15) is 5.56 Å². The van der Waals surface area contributed by atoms with Crippen LogP contribution in [0.4, 0.5) is 0 Å². The summed E-state index contributed by atoms with van der Waals surface area (Å²) in [6.45, 7) is 0. The molecule has 1 aromatic rings. The van der Waals surface area contributed by atoms with E-state index in [0.29, 0.717) is 0 Å². The van der Waals surface area contributed by atoms with Crippen LogP contribution in [0.15, 0.2) is 33.9 Å². The van der Waals surface area contributed by atoms with Crippen molar-refractivity contribution in [1.82, 2.24) is 0 Å². The average Bonchev–Trinajstić information content (AvgIpc) is 1.95. The zero-order chi connectivity index (χ0) is 7.40. The minimum absolute atomic E-state index is 0.880. The van der Waals surface area contributed by atoms with Crippen molar-refractivity contribution in [2.75, 3.05) is 0 Å². The van der Waals surface area contributed by atoms with Gasteiger partial charge < -0.3 is 5.21 Å². The topological polar surface area (TPSA) is 32.6 Å². The highest BCUT2D eigenvalue weighted by Crippen LogP contribution is 2.08. The second-order valence-electron chi connectivity index (χ2n) is 1.80. The molecule has 0 unspecified atom stereocenters. The fourth-order valence-electron chi connectivity index (χ4n) is 0.616. The first-order chi connectivity index (χ1) is 4.83. The van der Waals surface area contributed by atoms with Gasteiger partial charge in [0.1, 0.15) is 0 Å².